The van der Waals surface area contributed by atoms with Gasteiger partial charge in [-0.2, -0.15) is 22.0 Å². The summed E-state index contributed by atoms with van der Waals surface area (Å²) in [4.78, 5) is 5.42. The lowest BCUT2D eigenvalue weighted by atomic mass is 10.1. The van der Waals surface area contributed by atoms with Crippen molar-refractivity contribution in [3.63, 3.8) is 0 Å². The number of halogens is 5. The van der Waals surface area contributed by atoms with E-state index in [-0.39, 0.29) is 0 Å². The summed E-state index contributed by atoms with van der Waals surface area (Å²) in [5.41, 5.74) is 1.17. The van der Waals surface area contributed by atoms with Gasteiger partial charge in [0.2, 0.25) is 0 Å². The molecule has 0 bridgehead atoms. The highest BCUT2D eigenvalue weighted by molar-refractivity contribution is 5.84. The van der Waals surface area contributed by atoms with E-state index in [4.69, 9.17) is 5.11 Å². The Morgan fingerprint density at radius 2 is 1.79 bits per heavy atom. The van der Waals surface area contributed by atoms with Crippen molar-refractivity contribution >= 4 is 10.9 Å². The van der Waals surface area contributed by atoms with E-state index in [1.54, 1.807) is 0 Å². The highest BCUT2D eigenvalue weighted by atomic mass is 19.4. The third-order valence-corrected chi connectivity index (χ3v) is 3.99. The topological polar surface area (TPSA) is 39.3 Å². The molecule has 2 heterocycles. The molecular weight excluding hydrogens is 331 g/mol. The van der Waals surface area contributed by atoms with Crippen LogP contribution in [-0.4, -0.2) is 41.2 Å². The minimum atomic E-state index is -4.28. The molecule has 0 unspecified atom stereocenters. The summed E-state index contributed by atoms with van der Waals surface area (Å²) >= 11 is 0. The molecule has 1 saturated heterocycles. The minimum Gasteiger partial charge on any atom is -0.361 e. The van der Waals surface area contributed by atoms with E-state index in [0.29, 0.717) is 5.39 Å². The number of hydrogen-bond acceptors (Lipinski definition) is 2. The Morgan fingerprint density at radius 3 is 2.38 bits per heavy atom. The second kappa shape index (κ2) is 7.94. The van der Waals surface area contributed by atoms with E-state index in [9.17, 15) is 22.0 Å². The highest BCUT2D eigenvalue weighted by Gasteiger charge is 2.30. The van der Waals surface area contributed by atoms with Gasteiger partial charge in [0.05, 0.1) is 5.56 Å². The SMILES string of the molecule is FC(F)(F)c1ccc2[nH]cc(CCN3CCCC3)c2c1.OC(F)F. The molecule has 2 aromatic rings. The zero-order chi connectivity index (χ0) is 17.7. The lowest BCUT2D eigenvalue weighted by molar-refractivity contribution is -0.137. The number of rotatable bonds is 3. The number of hydrogen-bond donors (Lipinski definition) is 2. The minimum absolute atomic E-state index is 0.577. The number of aromatic amines is 1. The lowest BCUT2D eigenvalue weighted by Crippen LogP contribution is -2.21. The van der Waals surface area contributed by atoms with Crippen LogP contribution in [0.4, 0.5) is 22.0 Å². The smallest absolute Gasteiger partial charge is 0.361 e. The van der Waals surface area contributed by atoms with Crippen LogP contribution in [0.3, 0.4) is 0 Å². The largest absolute Gasteiger partial charge is 0.416 e. The number of likely N-dealkylation sites (tertiary alicyclic amines) is 1. The molecule has 1 aromatic heterocycles. The van der Waals surface area contributed by atoms with E-state index in [1.807, 2.05) is 6.20 Å². The first kappa shape index (κ1) is 18.7. The van der Waals surface area contributed by atoms with Crippen molar-refractivity contribution in [2.24, 2.45) is 0 Å². The number of nitrogens with zero attached hydrogens (tertiary/aromatic N) is 1. The van der Waals surface area contributed by atoms with E-state index >= 15 is 0 Å². The summed E-state index contributed by atoms with van der Waals surface area (Å²) in [5, 5.41) is 7.42. The number of benzene rings is 1. The molecule has 1 aliphatic heterocycles. The van der Waals surface area contributed by atoms with Gasteiger partial charge in [0.25, 0.3) is 0 Å². The third-order valence-electron chi connectivity index (χ3n) is 3.99. The van der Waals surface area contributed by atoms with Crippen molar-refractivity contribution < 1.29 is 27.1 Å². The predicted octanol–water partition coefficient (Wildman–Crippen LogP) is 4.03. The van der Waals surface area contributed by atoms with Crippen LogP contribution in [0.25, 0.3) is 10.9 Å². The number of aliphatic hydroxyl groups excluding tert-OH is 1. The first-order valence-corrected chi connectivity index (χ1v) is 7.63. The Hall–Kier alpha value is -1.67. The Balaban J connectivity index is 0.000000471. The fourth-order valence-corrected chi connectivity index (χ4v) is 2.85. The third kappa shape index (κ3) is 5.17. The van der Waals surface area contributed by atoms with Crippen LogP contribution in [0.1, 0.15) is 24.0 Å². The Kier molecular flexibility index (Phi) is 6.17. The maximum absolute atomic E-state index is 12.8. The number of H-pyrrole nitrogens is 1. The van der Waals surface area contributed by atoms with Crippen molar-refractivity contribution in [2.75, 3.05) is 19.6 Å². The van der Waals surface area contributed by atoms with Crippen LogP contribution in [0.15, 0.2) is 24.4 Å². The number of aromatic nitrogens is 1. The molecule has 0 atom stereocenters. The first-order valence-electron chi connectivity index (χ1n) is 7.63. The molecule has 1 aromatic carbocycles. The van der Waals surface area contributed by atoms with Gasteiger partial charge in [-0.15, -0.1) is 0 Å². The fourth-order valence-electron chi connectivity index (χ4n) is 2.85. The summed E-state index contributed by atoms with van der Waals surface area (Å²) in [7, 11) is 0. The van der Waals surface area contributed by atoms with Crippen molar-refractivity contribution in [3.05, 3.63) is 35.5 Å². The first-order chi connectivity index (χ1) is 11.3. The monoisotopic (exact) mass is 350 g/mol. The van der Waals surface area contributed by atoms with Gasteiger partial charge in [0.1, 0.15) is 0 Å². The molecule has 0 radical (unpaired) electrons. The van der Waals surface area contributed by atoms with E-state index < -0.39 is 18.4 Å². The normalized spacial score (nSPS) is 15.8. The number of alkyl halides is 5. The second-order valence-electron chi connectivity index (χ2n) is 5.65. The Bertz CT molecular complexity index is 645. The van der Waals surface area contributed by atoms with Gasteiger partial charge >= 0.3 is 12.8 Å². The van der Waals surface area contributed by atoms with Gasteiger partial charge in [-0.3, -0.25) is 0 Å². The van der Waals surface area contributed by atoms with Crippen LogP contribution in [0.5, 0.6) is 0 Å². The van der Waals surface area contributed by atoms with Crippen LogP contribution in [0.2, 0.25) is 0 Å². The van der Waals surface area contributed by atoms with Crippen LogP contribution in [-0.2, 0) is 12.6 Å². The average molecular weight is 350 g/mol. The standard InChI is InChI=1S/C15H17F3N2.CH2F2O/c16-15(17,18)12-3-4-14-13(9-12)11(10-19-14)5-8-20-6-1-2-7-20;2-1(3)4/h3-4,9-10,19H,1-2,5-8H2;1,4H. The van der Waals surface area contributed by atoms with Crippen LogP contribution >= 0.6 is 0 Å². The molecule has 0 amide bonds. The molecule has 0 aliphatic carbocycles. The zero-order valence-electron chi connectivity index (χ0n) is 12.9. The second-order valence-corrected chi connectivity index (χ2v) is 5.65. The van der Waals surface area contributed by atoms with Gasteiger partial charge in [0.15, 0.2) is 0 Å². The van der Waals surface area contributed by atoms with Gasteiger partial charge in [-0.25, -0.2) is 0 Å². The summed E-state index contributed by atoms with van der Waals surface area (Å²) < 4.78 is 58.1. The van der Waals surface area contributed by atoms with Gasteiger partial charge in [-0.05, 0) is 56.1 Å². The number of fused-ring (bicyclic) bond motifs is 1. The van der Waals surface area contributed by atoms with Gasteiger partial charge < -0.3 is 15.0 Å². The highest BCUT2D eigenvalue weighted by Crippen LogP contribution is 2.32. The molecular formula is C16H19F5N2O. The molecule has 8 heteroatoms. The summed E-state index contributed by atoms with van der Waals surface area (Å²) in [6.45, 7) is -0.0322. The van der Waals surface area contributed by atoms with Crippen LogP contribution < -0.4 is 0 Å². The molecule has 3 nitrogen and oxygen atoms in total. The van der Waals surface area contributed by atoms with Crippen molar-refractivity contribution in [2.45, 2.75) is 32.1 Å². The lowest BCUT2D eigenvalue weighted by Gasteiger charge is -2.13. The van der Waals surface area contributed by atoms with Crippen molar-refractivity contribution in [1.82, 2.24) is 9.88 Å². The predicted molar refractivity (Wildman–Crippen MR) is 80.9 cm³/mol. The van der Waals surface area contributed by atoms with E-state index in [0.717, 1.165) is 43.2 Å². The van der Waals surface area contributed by atoms with Crippen LogP contribution in [0, 0.1) is 0 Å². The summed E-state index contributed by atoms with van der Waals surface area (Å²) in [6.07, 6.45) is 0.804. The maximum Gasteiger partial charge on any atom is 0.416 e. The average Bonchev–Trinajstić information content (AvgIpc) is 3.12. The van der Waals surface area contributed by atoms with E-state index in [2.05, 4.69) is 9.88 Å². The zero-order valence-corrected chi connectivity index (χ0v) is 12.9. The molecule has 3 rings (SSSR count). The Morgan fingerprint density at radius 1 is 1.17 bits per heavy atom. The fraction of sp³-hybridized carbons (Fsp3) is 0.500. The maximum atomic E-state index is 12.8. The number of aliphatic hydroxyl groups is 1. The number of nitrogens with one attached hydrogen (secondary N) is 1. The molecule has 0 saturated carbocycles. The van der Waals surface area contributed by atoms with Gasteiger partial charge in [-0.1, -0.05) is 0 Å². The molecule has 0 spiro atoms. The van der Waals surface area contributed by atoms with E-state index in [1.165, 1.54) is 25.0 Å². The molecule has 2 N–H and O–H groups in total. The molecule has 1 fully saturated rings. The summed E-state index contributed by atoms with van der Waals surface area (Å²) in [5.74, 6) is 0. The van der Waals surface area contributed by atoms with Gasteiger partial charge in [0, 0.05) is 23.6 Å². The molecule has 134 valence electrons. The quantitative estimate of drug-likeness (QED) is 0.821. The Labute approximate surface area is 136 Å². The summed E-state index contributed by atoms with van der Waals surface area (Å²) in [6, 6.07) is 3.89. The van der Waals surface area contributed by atoms with Crippen molar-refractivity contribution in [3.8, 4) is 0 Å². The molecule has 24 heavy (non-hydrogen) atoms. The van der Waals surface area contributed by atoms with Crippen molar-refractivity contribution in [1.29, 1.82) is 0 Å². The molecule has 1 aliphatic rings.